The molecule has 5 nitrogen and oxygen atoms in total. The lowest BCUT2D eigenvalue weighted by Crippen LogP contribution is -2.39. The van der Waals surface area contributed by atoms with Gasteiger partial charge in [0.1, 0.15) is 6.54 Å². The molecule has 1 heterocycles. The Kier molecular flexibility index (Phi) is 6.29. The summed E-state index contributed by atoms with van der Waals surface area (Å²) in [6.45, 7) is 4.78. The third-order valence-electron chi connectivity index (χ3n) is 3.30. The molecule has 0 saturated carbocycles. The third-order valence-corrected chi connectivity index (χ3v) is 3.99. The number of thiazole rings is 1. The molecule has 0 spiro atoms. The molecular weight excluding hydrogens is 310 g/mol. The average molecular weight is 331 g/mol. The predicted molar refractivity (Wildman–Crippen MR) is 92.5 cm³/mol. The minimum absolute atomic E-state index is 0.0278. The standard InChI is InChI=1S/C17H21N3O2S/c1-13(2)8-10-20(16(22)14-6-4-3-5-7-14)12-15(21)19-17-18-9-11-23-17/h3-7,9,11,13H,8,10,12H2,1-2H3,(H,18,19,21). The van der Waals surface area contributed by atoms with Crippen LogP contribution in [0.4, 0.5) is 5.13 Å². The van der Waals surface area contributed by atoms with E-state index in [1.165, 1.54) is 11.3 Å². The minimum Gasteiger partial charge on any atom is -0.329 e. The zero-order chi connectivity index (χ0) is 16.7. The van der Waals surface area contributed by atoms with Crippen molar-refractivity contribution >= 4 is 28.3 Å². The van der Waals surface area contributed by atoms with E-state index in [-0.39, 0.29) is 18.4 Å². The van der Waals surface area contributed by atoms with Crippen LogP contribution in [0.15, 0.2) is 41.9 Å². The first-order chi connectivity index (χ1) is 11.1. The first-order valence-corrected chi connectivity index (χ1v) is 8.48. The molecule has 2 aromatic rings. The van der Waals surface area contributed by atoms with Gasteiger partial charge in [0.2, 0.25) is 5.91 Å². The van der Waals surface area contributed by atoms with E-state index in [1.807, 2.05) is 18.2 Å². The number of hydrogen-bond donors (Lipinski definition) is 1. The first-order valence-electron chi connectivity index (χ1n) is 7.60. The first kappa shape index (κ1) is 17.1. The van der Waals surface area contributed by atoms with Gasteiger partial charge in [-0.15, -0.1) is 11.3 Å². The molecule has 23 heavy (non-hydrogen) atoms. The lowest BCUT2D eigenvalue weighted by molar-refractivity contribution is -0.116. The lowest BCUT2D eigenvalue weighted by atomic mass is 10.1. The number of hydrogen-bond acceptors (Lipinski definition) is 4. The van der Waals surface area contributed by atoms with Gasteiger partial charge in [0.05, 0.1) is 0 Å². The van der Waals surface area contributed by atoms with Crippen molar-refractivity contribution in [3.8, 4) is 0 Å². The highest BCUT2D eigenvalue weighted by molar-refractivity contribution is 7.13. The summed E-state index contributed by atoms with van der Waals surface area (Å²) in [5, 5.41) is 5.06. The van der Waals surface area contributed by atoms with Crippen LogP contribution in [-0.4, -0.2) is 34.8 Å². The normalized spacial score (nSPS) is 10.6. The molecular formula is C17H21N3O2S. The van der Waals surface area contributed by atoms with Gasteiger partial charge >= 0.3 is 0 Å². The molecule has 0 aliphatic carbocycles. The molecule has 6 heteroatoms. The van der Waals surface area contributed by atoms with E-state index in [4.69, 9.17) is 0 Å². The zero-order valence-corrected chi connectivity index (χ0v) is 14.2. The van der Waals surface area contributed by atoms with Crippen LogP contribution >= 0.6 is 11.3 Å². The SMILES string of the molecule is CC(C)CCN(CC(=O)Nc1nccs1)C(=O)c1ccccc1. The Labute approximate surface area is 140 Å². The molecule has 1 aromatic heterocycles. The van der Waals surface area contributed by atoms with Crippen LogP contribution in [0.25, 0.3) is 0 Å². The Balaban J connectivity index is 2.04. The van der Waals surface area contributed by atoms with Crippen molar-refractivity contribution in [2.24, 2.45) is 5.92 Å². The second kappa shape index (κ2) is 8.43. The topological polar surface area (TPSA) is 62.3 Å². The van der Waals surface area contributed by atoms with E-state index in [2.05, 4.69) is 24.1 Å². The van der Waals surface area contributed by atoms with E-state index >= 15 is 0 Å². The van der Waals surface area contributed by atoms with Crippen LogP contribution in [0.3, 0.4) is 0 Å². The second-order valence-electron chi connectivity index (χ2n) is 5.66. The van der Waals surface area contributed by atoms with Crippen molar-refractivity contribution in [2.45, 2.75) is 20.3 Å². The van der Waals surface area contributed by atoms with Crippen LogP contribution in [0.2, 0.25) is 0 Å². The Bertz CT molecular complexity index is 627. The predicted octanol–water partition coefficient (Wildman–Crippen LogP) is 3.27. The molecule has 1 aromatic carbocycles. The number of nitrogens with zero attached hydrogens (tertiary/aromatic N) is 2. The average Bonchev–Trinajstić information content (AvgIpc) is 3.04. The van der Waals surface area contributed by atoms with E-state index < -0.39 is 0 Å². The number of benzene rings is 1. The number of carbonyl (C=O) groups is 2. The highest BCUT2D eigenvalue weighted by Crippen LogP contribution is 2.12. The molecule has 2 rings (SSSR count). The van der Waals surface area contributed by atoms with Gasteiger partial charge in [0.15, 0.2) is 5.13 Å². The summed E-state index contributed by atoms with van der Waals surface area (Å²) in [4.78, 5) is 30.4. The van der Waals surface area contributed by atoms with Gasteiger partial charge in [-0.3, -0.25) is 9.59 Å². The Morgan fingerprint density at radius 2 is 2.00 bits per heavy atom. The van der Waals surface area contributed by atoms with Gasteiger partial charge in [0.25, 0.3) is 5.91 Å². The number of carbonyl (C=O) groups excluding carboxylic acids is 2. The summed E-state index contributed by atoms with van der Waals surface area (Å²) >= 11 is 1.35. The summed E-state index contributed by atoms with van der Waals surface area (Å²) in [5.41, 5.74) is 0.596. The van der Waals surface area contributed by atoms with E-state index in [9.17, 15) is 9.59 Å². The second-order valence-corrected chi connectivity index (χ2v) is 6.56. The van der Waals surface area contributed by atoms with Gasteiger partial charge in [0, 0.05) is 23.7 Å². The molecule has 0 saturated heterocycles. The number of rotatable bonds is 7. The minimum atomic E-state index is -0.229. The van der Waals surface area contributed by atoms with Gasteiger partial charge in [-0.1, -0.05) is 32.0 Å². The van der Waals surface area contributed by atoms with Crippen molar-refractivity contribution in [3.63, 3.8) is 0 Å². The Morgan fingerprint density at radius 3 is 2.61 bits per heavy atom. The molecule has 0 fully saturated rings. The van der Waals surface area contributed by atoms with Crippen molar-refractivity contribution in [1.82, 2.24) is 9.88 Å². The smallest absolute Gasteiger partial charge is 0.254 e. The number of anilines is 1. The largest absolute Gasteiger partial charge is 0.329 e. The highest BCUT2D eigenvalue weighted by atomic mass is 32.1. The maximum Gasteiger partial charge on any atom is 0.254 e. The van der Waals surface area contributed by atoms with Crippen molar-refractivity contribution in [2.75, 3.05) is 18.4 Å². The quantitative estimate of drug-likeness (QED) is 0.847. The van der Waals surface area contributed by atoms with E-state index in [1.54, 1.807) is 28.6 Å². The van der Waals surface area contributed by atoms with Crippen molar-refractivity contribution in [1.29, 1.82) is 0 Å². The molecule has 0 bridgehead atoms. The van der Waals surface area contributed by atoms with Crippen molar-refractivity contribution in [3.05, 3.63) is 47.5 Å². The lowest BCUT2D eigenvalue weighted by Gasteiger charge is -2.23. The molecule has 0 atom stereocenters. The Morgan fingerprint density at radius 1 is 1.26 bits per heavy atom. The Hall–Kier alpha value is -2.21. The van der Waals surface area contributed by atoms with Crippen molar-refractivity contribution < 1.29 is 9.59 Å². The van der Waals surface area contributed by atoms with E-state index in [0.29, 0.717) is 23.2 Å². The maximum absolute atomic E-state index is 12.6. The van der Waals surface area contributed by atoms with Crippen LogP contribution in [0, 0.1) is 5.92 Å². The van der Waals surface area contributed by atoms with Gasteiger partial charge < -0.3 is 10.2 Å². The molecule has 1 N–H and O–H groups in total. The van der Waals surface area contributed by atoms with Gasteiger partial charge in [-0.25, -0.2) is 4.98 Å². The fraction of sp³-hybridized carbons (Fsp3) is 0.353. The molecule has 122 valence electrons. The molecule has 0 unspecified atom stereocenters. The zero-order valence-electron chi connectivity index (χ0n) is 13.4. The van der Waals surface area contributed by atoms with Gasteiger partial charge in [-0.05, 0) is 24.5 Å². The number of amides is 2. The summed E-state index contributed by atoms with van der Waals surface area (Å²) < 4.78 is 0. The fourth-order valence-corrected chi connectivity index (χ4v) is 2.59. The summed E-state index contributed by atoms with van der Waals surface area (Å²) in [7, 11) is 0. The third kappa shape index (κ3) is 5.49. The summed E-state index contributed by atoms with van der Waals surface area (Å²) in [6, 6.07) is 9.05. The van der Waals surface area contributed by atoms with Crippen LogP contribution in [-0.2, 0) is 4.79 Å². The highest BCUT2D eigenvalue weighted by Gasteiger charge is 2.19. The monoisotopic (exact) mass is 331 g/mol. The molecule has 0 aliphatic rings. The van der Waals surface area contributed by atoms with E-state index in [0.717, 1.165) is 6.42 Å². The maximum atomic E-state index is 12.6. The summed E-state index contributed by atoms with van der Waals surface area (Å²) in [6.07, 6.45) is 2.48. The van der Waals surface area contributed by atoms with Crippen LogP contribution in [0.1, 0.15) is 30.6 Å². The number of aromatic nitrogens is 1. The van der Waals surface area contributed by atoms with Gasteiger partial charge in [-0.2, -0.15) is 0 Å². The fourth-order valence-electron chi connectivity index (χ4n) is 2.05. The molecule has 2 amide bonds. The summed E-state index contributed by atoms with van der Waals surface area (Å²) in [5.74, 6) is 0.108. The van der Waals surface area contributed by atoms with Crippen LogP contribution in [0.5, 0.6) is 0 Å². The molecule has 0 aliphatic heterocycles. The molecule has 0 radical (unpaired) electrons. The van der Waals surface area contributed by atoms with Crippen LogP contribution < -0.4 is 5.32 Å². The number of nitrogens with one attached hydrogen (secondary N) is 1.